The summed E-state index contributed by atoms with van der Waals surface area (Å²) >= 11 is 1.43. The first-order valence-corrected chi connectivity index (χ1v) is 12.0. The lowest BCUT2D eigenvalue weighted by molar-refractivity contribution is -0.131. The number of benzene rings is 2. The third-order valence-electron chi connectivity index (χ3n) is 6.54. The van der Waals surface area contributed by atoms with Crippen molar-refractivity contribution in [2.75, 3.05) is 6.54 Å². The Morgan fingerprint density at radius 2 is 1.77 bits per heavy atom. The van der Waals surface area contributed by atoms with E-state index in [1.54, 1.807) is 0 Å². The first-order valence-electron chi connectivity index (χ1n) is 11.2. The van der Waals surface area contributed by atoms with Gasteiger partial charge >= 0.3 is 0 Å². The lowest BCUT2D eigenvalue weighted by Gasteiger charge is -2.31. The molecule has 0 N–H and O–H groups in total. The molecule has 1 unspecified atom stereocenters. The first-order chi connectivity index (χ1) is 15.1. The van der Waals surface area contributed by atoms with Gasteiger partial charge in [-0.15, -0.1) is 0 Å². The fourth-order valence-electron chi connectivity index (χ4n) is 4.84. The predicted molar refractivity (Wildman–Crippen MR) is 124 cm³/mol. The van der Waals surface area contributed by atoms with E-state index in [1.165, 1.54) is 22.9 Å². The van der Waals surface area contributed by atoms with Crippen molar-refractivity contribution in [1.29, 1.82) is 0 Å². The van der Waals surface area contributed by atoms with Crippen LogP contribution in [0.5, 0.6) is 0 Å². The SMILES string of the molecule is CC(Sc1nc2ccccc2c(=O)n1C1CCCC1)C(=O)N1CCc2ccccc2C1. The first kappa shape index (κ1) is 20.3. The molecule has 1 fully saturated rings. The number of nitrogens with zero attached hydrogens (tertiary/aromatic N) is 3. The zero-order valence-corrected chi connectivity index (χ0v) is 18.6. The van der Waals surface area contributed by atoms with Gasteiger partial charge in [0.05, 0.1) is 16.2 Å². The molecule has 1 amide bonds. The highest BCUT2D eigenvalue weighted by Gasteiger charge is 2.29. The second-order valence-electron chi connectivity index (χ2n) is 8.56. The van der Waals surface area contributed by atoms with Gasteiger partial charge in [-0.1, -0.05) is 61.0 Å². The van der Waals surface area contributed by atoms with E-state index < -0.39 is 0 Å². The summed E-state index contributed by atoms with van der Waals surface area (Å²) in [6.45, 7) is 3.33. The second kappa shape index (κ2) is 8.50. The molecule has 1 saturated carbocycles. The molecule has 0 bridgehead atoms. The maximum absolute atomic E-state index is 13.3. The molecule has 1 aliphatic carbocycles. The molecule has 160 valence electrons. The van der Waals surface area contributed by atoms with Crippen molar-refractivity contribution < 1.29 is 4.79 Å². The predicted octanol–water partition coefficient (Wildman–Crippen LogP) is 4.58. The van der Waals surface area contributed by atoms with Gasteiger partial charge < -0.3 is 4.90 Å². The van der Waals surface area contributed by atoms with Crippen molar-refractivity contribution in [2.45, 2.75) is 62.0 Å². The van der Waals surface area contributed by atoms with E-state index in [4.69, 9.17) is 4.98 Å². The number of thioether (sulfide) groups is 1. The molecule has 1 aromatic heterocycles. The second-order valence-corrected chi connectivity index (χ2v) is 9.87. The Balaban J connectivity index is 1.43. The van der Waals surface area contributed by atoms with Gasteiger partial charge in [-0.05, 0) is 49.4 Å². The molecule has 2 aromatic carbocycles. The van der Waals surface area contributed by atoms with Crippen LogP contribution in [0, 0.1) is 0 Å². The fraction of sp³-hybridized carbons (Fsp3) is 0.400. The molecule has 5 nitrogen and oxygen atoms in total. The minimum atomic E-state index is -0.300. The topological polar surface area (TPSA) is 55.2 Å². The molecule has 0 saturated heterocycles. The summed E-state index contributed by atoms with van der Waals surface area (Å²) in [7, 11) is 0. The molecule has 1 atom stereocenters. The Bertz CT molecular complexity index is 1180. The van der Waals surface area contributed by atoms with E-state index in [9.17, 15) is 9.59 Å². The van der Waals surface area contributed by atoms with Crippen molar-refractivity contribution in [1.82, 2.24) is 14.5 Å². The molecule has 6 heteroatoms. The fourth-order valence-corrected chi connectivity index (χ4v) is 5.91. The Morgan fingerprint density at radius 3 is 2.58 bits per heavy atom. The van der Waals surface area contributed by atoms with Crippen molar-refractivity contribution in [3.05, 3.63) is 70.0 Å². The van der Waals surface area contributed by atoms with Gasteiger partial charge in [-0.2, -0.15) is 0 Å². The highest BCUT2D eigenvalue weighted by Crippen LogP contribution is 2.34. The summed E-state index contributed by atoms with van der Waals surface area (Å²) in [6.07, 6.45) is 5.16. The third-order valence-corrected chi connectivity index (χ3v) is 7.59. The van der Waals surface area contributed by atoms with Crippen molar-refractivity contribution >= 4 is 28.6 Å². The number of amides is 1. The van der Waals surface area contributed by atoms with E-state index in [2.05, 4.69) is 18.2 Å². The van der Waals surface area contributed by atoms with E-state index >= 15 is 0 Å². The summed E-state index contributed by atoms with van der Waals surface area (Å²) in [5, 5.41) is 1.03. The van der Waals surface area contributed by atoms with Crippen LogP contribution < -0.4 is 5.56 Å². The lowest BCUT2D eigenvalue weighted by Crippen LogP contribution is -2.40. The Hall–Kier alpha value is -2.60. The van der Waals surface area contributed by atoms with Gasteiger partial charge in [0.1, 0.15) is 0 Å². The number of fused-ring (bicyclic) bond motifs is 2. The summed E-state index contributed by atoms with van der Waals surface area (Å²) in [6, 6.07) is 16.0. The highest BCUT2D eigenvalue weighted by atomic mass is 32.2. The summed E-state index contributed by atoms with van der Waals surface area (Å²) in [4.78, 5) is 33.4. The quantitative estimate of drug-likeness (QED) is 0.447. The zero-order chi connectivity index (χ0) is 21.4. The average molecular weight is 434 g/mol. The molecule has 5 rings (SSSR count). The lowest BCUT2D eigenvalue weighted by atomic mass is 10.00. The van der Waals surface area contributed by atoms with Gasteiger partial charge in [0.15, 0.2) is 5.16 Å². The molecule has 0 spiro atoms. The minimum Gasteiger partial charge on any atom is -0.337 e. The third kappa shape index (κ3) is 3.89. The molecular weight excluding hydrogens is 406 g/mol. The molecule has 31 heavy (non-hydrogen) atoms. The summed E-state index contributed by atoms with van der Waals surface area (Å²) in [5.41, 5.74) is 3.28. The van der Waals surface area contributed by atoms with Crippen LogP contribution in [-0.2, 0) is 17.8 Å². The van der Waals surface area contributed by atoms with Crippen LogP contribution in [0.1, 0.15) is 49.8 Å². The van der Waals surface area contributed by atoms with Crippen LogP contribution in [0.4, 0.5) is 0 Å². The molecule has 0 radical (unpaired) electrons. The van der Waals surface area contributed by atoms with E-state index in [0.717, 1.165) is 38.6 Å². The van der Waals surface area contributed by atoms with Crippen LogP contribution in [0.2, 0.25) is 0 Å². The maximum Gasteiger partial charge on any atom is 0.262 e. The Morgan fingerprint density at radius 1 is 1.06 bits per heavy atom. The Kier molecular flexibility index (Phi) is 5.57. The zero-order valence-electron chi connectivity index (χ0n) is 17.8. The number of carbonyl (C=O) groups is 1. The molecule has 2 heterocycles. The van der Waals surface area contributed by atoms with Crippen molar-refractivity contribution in [2.24, 2.45) is 0 Å². The van der Waals surface area contributed by atoms with Gasteiger partial charge in [0.25, 0.3) is 5.56 Å². The number of hydrogen-bond acceptors (Lipinski definition) is 4. The standard InChI is InChI=1S/C25H27N3O2S/c1-17(23(29)27-15-14-18-8-2-3-9-19(18)16-27)31-25-26-22-13-7-6-12-21(22)24(30)28(25)20-10-4-5-11-20/h2-3,6-9,12-13,17,20H,4-5,10-11,14-16H2,1H3. The minimum absolute atomic E-state index is 0.0200. The molecular formula is C25H27N3O2S. The van der Waals surface area contributed by atoms with Crippen LogP contribution in [0.25, 0.3) is 10.9 Å². The largest absolute Gasteiger partial charge is 0.337 e. The van der Waals surface area contributed by atoms with E-state index in [1.807, 2.05) is 46.7 Å². The molecule has 1 aliphatic heterocycles. The normalized spacial score (nSPS) is 17.6. The maximum atomic E-state index is 13.3. The van der Waals surface area contributed by atoms with Crippen LogP contribution >= 0.6 is 11.8 Å². The van der Waals surface area contributed by atoms with Gasteiger partial charge in [0.2, 0.25) is 5.91 Å². The number of aromatic nitrogens is 2. The van der Waals surface area contributed by atoms with Crippen LogP contribution in [0.3, 0.4) is 0 Å². The number of carbonyl (C=O) groups excluding carboxylic acids is 1. The molecule has 2 aliphatic rings. The molecule has 3 aromatic rings. The number of rotatable bonds is 4. The van der Waals surface area contributed by atoms with Crippen LogP contribution in [-0.4, -0.2) is 32.2 Å². The monoisotopic (exact) mass is 433 g/mol. The average Bonchev–Trinajstić information content (AvgIpc) is 3.33. The van der Waals surface area contributed by atoms with Crippen LogP contribution in [0.15, 0.2) is 58.5 Å². The number of hydrogen-bond donors (Lipinski definition) is 0. The highest BCUT2D eigenvalue weighted by molar-refractivity contribution is 8.00. The number of para-hydroxylation sites is 1. The smallest absolute Gasteiger partial charge is 0.262 e. The van der Waals surface area contributed by atoms with Gasteiger partial charge in [-0.3, -0.25) is 14.2 Å². The van der Waals surface area contributed by atoms with Crippen molar-refractivity contribution in [3.63, 3.8) is 0 Å². The summed E-state index contributed by atoms with van der Waals surface area (Å²) in [5.74, 6) is 0.111. The van der Waals surface area contributed by atoms with E-state index in [0.29, 0.717) is 22.6 Å². The van der Waals surface area contributed by atoms with Gasteiger partial charge in [0, 0.05) is 19.1 Å². The van der Waals surface area contributed by atoms with E-state index in [-0.39, 0.29) is 22.8 Å². The van der Waals surface area contributed by atoms with Gasteiger partial charge in [-0.25, -0.2) is 4.98 Å². The Labute approximate surface area is 186 Å². The van der Waals surface area contributed by atoms with Crippen molar-refractivity contribution in [3.8, 4) is 0 Å². The summed E-state index contributed by atoms with van der Waals surface area (Å²) < 4.78 is 1.87.